The van der Waals surface area contributed by atoms with Gasteiger partial charge >= 0.3 is 0 Å². The van der Waals surface area contributed by atoms with Crippen molar-refractivity contribution in [2.45, 2.75) is 18.2 Å². The van der Waals surface area contributed by atoms with Gasteiger partial charge in [-0.25, -0.2) is 13.8 Å². The van der Waals surface area contributed by atoms with Gasteiger partial charge in [0.2, 0.25) is 0 Å². The minimum atomic E-state index is -2.60. The number of alkyl halides is 3. The molecule has 82 valence electrons. The van der Waals surface area contributed by atoms with Crippen molar-refractivity contribution in [2.24, 2.45) is 0 Å². The van der Waals surface area contributed by atoms with Crippen molar-refractivity contribution in [2.75, 3.05) is 18.0 Å². The van der Waals surface area contributed by atoms with E-state index in [9.17, 15) is 8.78 Å². The van der Waals surface area contributed by atoms with E-state index in [1.807, 2.05) is 6.07 Å². The zero-order valence-electron chi connectivity index (χ0n) is 8.09. The quantitative estimate of drug-likeness (QED) is 0.729. The van der Waals surface area contributed by atoms with Crippen molar-refractivity contribution in [1.82, 2.24) is 4.98 Å². The van der Waals surface area contributed by atoms with E-state index in [1.54, 1.807) is 17.2 Å². The third-order valence-electron chi connectivity index (χ3n) is 2.48. The maximum absolute atomic E-state index is 13.0. The molecule has 0 N–H and O–H groups in total. The maximum Gasteiger partial charge on any atom is 0.266 e. The Hall–Kier alpha value is -0.900. The number of anilines is 1. The van der Waals surface area contributed by atoms with Gasteiger partial charge in [0.15, 0.2) is 0 Å². The highest BCUT2D eigenvalue weighted by atomic mass is 35.5. The normalized spacial score (nSPS) is 19.5. The molecule has 0 unspecified atom stereocenters. The molecule has 2 nitrogen and oxygen atoms in total. The minimum Gasteiger partial charge on any atom is -0.350 e. The van der Waals surface area contributed by atoms with Gasteiger partial charge < -0.3 is 4.90 Å². The second-order valence-corrected chi connectivity index (χ2v) is 3.91. The standard InChI is InChI=1S/C10H11ClF2N2/c11-6-8-2-1-4-14-9(8)15-5-3-10(12,13)7-15/h1-2,4H,3,5-7H2. The van der Waals surface area contributed by atoms with Gasteiger partial charge in [0, 0.05) is 24.7 Å². The smallest absolute Gasteiger partial charge is 0.266 e. The third-order valence-corrected chi connectivity index (χ3v) is 2.77. The molecule has 1 aromatic rings. The van der Waals surface area contributed by atoms with Crippen molar-refractivity contribution >= 4 is 17.4 Å². The van der Waals surface area contributed by atoms with Crippen molar-refractivity contribution in [3.63, 3.8) is 0 Å². The molecule has 0 aromatic carbocycles. The van der Waals surface area contributed by atoms with E-state index in [4.69, 9.17) is 11.6 Å². The van der Waals surface area contributed by atoms with Gasteiger partial charge in [-0.05, 0) is 6.07 Å². The lowest BCUT2D eigenvalue weighted by Crippen LogP contribution is -2.26. The van der Waals surface area contributed by atoms with Crippen LogP contribution in [-0.4, -0.2) is 24.0 Å². The number of hydrogen-bond donors (Lipinski definition) is 0. The van der Waals surface area contributed by atoms with Crippen molar-refractivity contribution < 1.29 is 8.78 Å². The second kappa shape index (κ2) is 3.93. The van der Waals surface area contributed by atoms with Crippen LogP contribution >= 0.6 is 11.6 Å². The van der Waals surface area contributed by atoms with Crippen molar-refractivity contribution in [3.05, 3.63) is 23.9 Å². The summed E-state index contributed by atoms with van der Waals surface area (Å²) in [5.41, 5.74) is 0.803. The van der Waals surface area contributed by atoms with Gasteiger partial charge in [-0.1, -0.05) is 6.07 Å². The van der Waals surface area contributed by atoms with E-state index in [0.29, 0.717) is 18.2 Å². The average molecular weight is 233 g/mol. The van der Waals surface area contributed by atoms with E-state index in [1.165, 1.54) is 0 Å². The Morgan fingerprint density at radius 3 is 2.93 bits per heavy atom. The average Bonchev–Trinajstić information content (AvgIpc) is 2.59. The van der Waals surface area contributed by atoms with Crippen LogP contribution in [0.4, 0.5) is 14.6 Å². The van der Waals surface area contributed by atoms with Crippen molar-refractivity contribution in [1.29, 1.82) is 0 Å². The molecule has 1 aliphatic rings. The lowest BCUT2D eigenvalue weighted by atomic mass is 10.3. The lowest BCUT2D eigenvalue weighted by Gasteiger charge is -2.19. The van der Waals surface area contributed by atoms with Gasteiger partial charge in [-0.3, -0.25) is 0 Å². The Labute approximate surface area is 91.9 Å². The van der Waals surface area contributed by atoms with E-state index in [-0.39, 0.29) is 13.0 Å². The molecule has 2 rings (SSSR count). The summed E-state index contributed by atoms with van der Waals surface area (Å²) in [6.45, 7) is 0.0851. The first-order valence-electron chi connectivity index (χ1n) is 4.75. The summed E-state index contributed by atoms with van der Waals surface area (Å²) < 4.78 is 26.0. The van der Waals surface area contributed by atoms with E-state index < -0.39 is 5.92 Å². The molecule has 15 heavy (non-hydrogen) atoms. The van der Waals surface area contributed by atoms with Gasteiger partial charge in [-0.15, -0.1) is 11.6 Å². The molecule has 2 heterocycles. The van der Waals surface area contributed by atoms with Crippen LogP contribution in [0.15, 0.2) is 18.3 Å². The van der Waals surface area contributed by atoms with Gasteiger partial charge in [0.25, 0.3) is 5.92 Å². The van der Waals surface area contributed by atoms with Crippen LogP contribution in [-0.2, 0) is 5.88 Å². The summed E-state index contributed by atoms with van der Waals surface area (Å²) in [5.74, 6) is -1.71. The Morgan fingerprint density at radius 2 is 2.33 bits per heavy atom. The molecule has 0 bridgehead atoms. The monoisotopic (exact) mass is 232 g/mol. The molecule has 1 fully saturated rings. The van der Waals surface area contributed by atoms with E-state index >= 15 is 0 Å². The Bertz CT molecular complexity index is 357. The second-order valence-electron chi connectivity index (χ2n) is 3.65. The minimum absolute atomic E-state index is 0.106. The number of rotatable bonds is 2. The summed E-state index contributed by atoms with van der Waals surface area (Å²) in [6.07, 6.45) is 1.49. The van der Waals surface area contributed by atoms with Gasteiger partial charge in [-0.2, -0.15) is 0 Å². The summed E-state index contributed by atoms with van der Waals surface area (Å²) in [6, 6.07) is 3.57. The third kappa shape index (κ3) is 2.20. The first-order chi connectivity index (χ1) is 7.12. The highest BCUT2D eigenvalue weighted by molar-refractivity contribution is 6.17. The molecular formula is C10H11ClF2N2. The van der Waals surface area contributed by atoms with Crippen molar-refractivity contribution in [3.8, 4) is 0 Å². The number of halogens is 3. The lowest BCUT2D eigenvalue weighted by molar-refractivity contribution is 0.0256. The fourth-order valence-electron chi connectivity index (χ4n) is 1.74. The molecule has 0 aliphatic carbocycles. The molecule has 0 amide bonds. The molecule has 1 saturated heterocycles. The number of nitrogens with zero attached hydrogens (tertiary/aromatic N) is 2. The maximum atomic E-state index is 13.0. The highest BCUT2D eigenvalue weighted by Crippen LogP contribution is 2.31. The Morgan fingerprint density at radius 1 is 1.53 bits per heavy atom. The first kappa shape index (κ1) is 10.6. The molecule has 0 saturated carbocycles. The predicted molar refractivity (Wildman–Crippen MR) is 55.6 cm³/mol. The fraction of sp³-hybridized carbons (Fsp3) is 0.500. The predicted octanol–water partition coefficient (Wildman–Crippen LogP) is 2.67. The number of pyridine rings is 1. The summed E-state index contributed by atoms with van der Waals surface area (Å²) in [5, 5.41) is 0. The highest BCUT2D eigenvalue weighted by Gasteiger charge is 2.39. The topological polar surface area (TPSA) is 16.1 Å². The largest absolute Gasteiger partial charge is 0.350 e. The zero-order valence-corrected chi connectivity index (χ0v) is 8.84. The summed E-state index contributed by atoms with van der Waals surface area (Å²) in [7, 11) is 0. The molecule has 0 spiro atoms. The van der Waals surface area contributed by atoms with Gasteiger partial charge in [0.05, 0.1) is 12.4 Å². The first-order valence-corrected chi connectivity index (χ1v) is 5.28. The van der Waals surface area contributed by atoms with Crippen LogP contribution < -0.4 is 4.90 Å². The van der Waals surface area contributed by atoms with E-state index in [2.05, 4.69) is 4.98 Å². The zero-order chi connectivity index (χ0) is 10.9. The van der Waals surface area contributed by atoms with Crippen LogP contribution in [0.2, 0.25) is 0 Å². The fourth-order valence-corrected chi connectivity index (χ4v) is 1.94. The Kier molecular flexibility index (Phi) is 2.78. The molecular weight excluding hydrogens is 222 g/mol. The van der Waals surface area contributed by atoms with Crippen LogP contribution in [0.5, 0.6) is 0 Å². The number of aromatic nitrogens is 1. The molecule has 0 radical (unpaired) electrons. The molecule has 5 heteroatoms. The van der Waals surface area contributed by atoms with Crippen LogP contribution in [0.1, 0.15) is 12.0 Å². The van der Waals surface area contributed by atoms with Gasteiger partial charge in [0.1, 0.15) is 5.82 Å². The summed E-state index contributed by atoms with van der Waals surface area (Å²) in [4.78, 5) is 5.70. The molecule has 1 aliphatic heterocycles. The number of hydrogen-bond acceptors (Lipinski definition) is 2. The summed E-state index contributed by atoms with van der Waals surface area (Å²) >= 11 is 5.73. The van der Waals surface area contributed by atoms with Crippen LogP contribution in [0.25, 0.3) is 0 Å². The van der Waals surface area contributed by atoms with Crippen LogP contribution in [0.3, 0.4) is 0 Å². The molecule has 1 aromatic heterocycles. The van der Waals surface area contributed by atoms with Crippen LogP contribution in [0, 0.1) is 0 Å². The van der Waals surface area contributed by atoms with E-state index in [0.717, 1.165) is 5.56 Å². The Balaban J connectivity index is 2.23. The molecule has 0 atom stereocenters. The SMILES string of the molecule is FC1(F)CCN(c2ncccc2CCl)C1.